The number of thioether (sulfide) groups is 1. The van der Waals surface area contributed by atoms with Crippen LogP contribution >= 0.6 is 23.1 Å². The van der Waals surface area contributed by atoms with Crippen LogP contribution in [0.3, 0.4) is 0 Å². The predicted molar refractivity (Wildman–Crippen MR) is 142 cm³/mol. The molecule has 0 bridgehead atoms. The number of pyridine rings is 1. The summed E-state index contributed by atoms with van der Waals surface area (Å²) in [5, 5.41) is 13.2. The maximum atomic E-state index is 13.2. The number of carbonyl (C=O) groups excluding carboxylic acids is 2. The Kier molecular flexibility index (Phi) is 7.99. The Balaban J connectivity index is 1.39. The van der Waals surface area contributed by atoms with Crippen LogP contribution in [0.25, 0.3) is 0 Å². The van der Waals surface area contributed by atoms with Crippen LogP contribution in [0.1, 0.15) is 72.0 Å². The van der Waals surface area contributed by atoms with Crippen molar-refractivity contribution in [2.75, 3.05) is 24.2 Å². The van der Waals surface area contributed by atoms with Crippen LogP contribution in [-0.2, 0) is 10.2 Å². The van der Waals surface area contributed by atoms with E-state index in [1.54, 1.807) is 6.20 Å². The molecule has 1 aliphatic rings. The van der Waals surface area contributed by atoms with Gasteiger partial charge in [-0.25, -0.2) is 9.97 Å². The molecule has 0 saturated carbocycles. The van der Waals surface area contributed by atoms with Crippen molar-refractivity contribution in [3.05, 3.63) is 52.0 Å². The Hall–Kier alpha value is -2.92. The van der Waals surface area contributed by atoms with Gasteiger partial charge < -0.3 is 4.90 Å². The van der Waals surface area contributed by atoms with Crippen molar-refractivity contribution in [2.45, 2.75) is 63.9 Å². The predicted octanol–water partition coefficient (Wildman–Crippen LogP) is 4.39. The van der Waals surface area contributed by atoms with Crippen LogP contribution in [-0.4, -0.2) is 60.7 Å². The highest BCUT2D eigenvalue weighted by atomic mass is 32.2. The monoisotopic (exact) mass is 525 g/mol. The van der Waals surface area contributed by atoms with E-state index in [0.29, 0.717) is 34.7 Å². The summed E-state index contributed by atoms with van der Waals surface area (Å²) in [6.07, 6.45) is 3.21. The molecule has 3 aromatic rings. The number of amides is 2. The van der Waals surface area contributed by atoms with E-state index in [4.69, 9.17) is 4.98 Å². The molecule has 4 heterocycles. The molecule has 1 N–H and O–H groups in total. The zero-order valence-corrected chi connectivity index (χ0v) is 22.9. The number of hydrogen-bond acceptors (Lipinski definition) is 9. The Labute approximate surface area is 219 Å². The smallest absolute Gasteiger partial charge is 0.259 e. The van der Waals surface area contributed by atoms with Gasteiger partial charge in [0.1, 0.15) is 5.01 Å². The highest BCUT2D eigenvalue weighted by molar-refractivity contribution is 7.99. The van der Waals surface area contributed by atoms with Gasteiger partial charge in [-0.15, -0.1) is 10.2 Å². The van der Waals surface area contributed by atoms with Crippen LogP contribution in [0.15, 0.2) is 29.6 Å². The van der Waals surface area contributed by atoms with E-state index in [1.807, 2.05) is 36.9 Å². The Morgan fingerprint density at radius 2 is 1.81 bits per heavy atom. The van der Waals surface area contributed by atoms with Gasteiger partial charge in [-0.2, -0.15) is 0 Å². The van der Waals surface area contributed by atoms with E-state index in [0.717, 1.165) is 34.9 Å². The number of aromatic nitrogens is 5. The zero-order chi connectivity index (χ0) is 25.9. The molecule has 4 rings (SSSR count). The van der Waals surface area contributed by atoms with Gasteiger partial charge in [-0.05, 0) is 44.9 Å². The van der Waals surface area contributed by atoms with E-state index in [-0.39, 0.29) is 23.1 Å². The van der Waals surface area contributed by atoms with Crippen molar-refractivity contribution >= 4 is 40.0 Å². The molecule has 9 nitrogen and oxygen atoms in total. The molecule has 0 radical (unpaired) electrons. The average molecular weight is 526 g/mol. The highest BCUT2D eigenvalue weighted by Gasteiger charge is 2.28. The third-order valence-corrected chi connectivity index (χ3v) is 8.04. The second-order valence-electron chi connectivity index (χ2n) is 9.93. The zero-order valence-electron chi connectivity index (χ0n) is 21.2. The second-order valence-corrected chi connectivity index (χ2v) is 11.8. The molecule has 1 aliphatic heterocycles. The lowest BCUT2D eigenvalue weighted by Gasteiger charge is -2.32. The van der Waals surface area contributed by atoms with Gasteiger partial charge in [0.2, 0.25) is 11.0 Å². The van der Waals surface area contributed by atoms with Crippen LogP contribution < -0.4 is 5.32 Å². The summed E-state index contributed by atoms with van der Waals surface area (Å²) in [4.78, 5) is 41.1. The number of likely N-dealkylation sites (tertiary alicyclic amines) is 1. The van der Waals surface area contributed by atoms with Crippen molar-refractivity contribution in [3.8, 4) is 0 Å². The molecule has 3 aromatic heterocycles. The summed E-state index contributed by atoms with van der Waals surface area (Å²) in [6, 6.07) is 5.51. The van der Waals surface area contributed by atoms with Crippen LogP contribution in [0.2, 0.25) is 0 Å². The van der Waals surface area contributed by atoms with E-state index < -0.39 is 0 Å². The standard InChI is InChI=1S/C25H31N7O2S2/c1-15-6-7-18(21(34)29-24-31-30-22(36-24)25(3,4)5)20(27-15)17-9-12-32(13-10-17)19(33)14-35-23-26-11-8-16(2)28-23/h6-8,11,17H,9-10,12-14H2,1-5H3,(H,29,31,34). The molecule has 36 heavy (non-hydrogen) atoms. The normalized spacial score (nSPS) is 14.6. The molecule has 0 aliphatic carbocycles. The average Bonchev–Trinajstić information content (AvgIpc) is 3.32. The van der Waals surface area contributed by atoms with Crippen LogP contribution in [0, 0.1) is 13.8 Å². The number of nitrogens with one attached hydrogen (secondary N) is 1. The molecule has 1 saturated heterocycles. The maximum absolute atomic E-state index is 13.2. The fourth-order valence-corrected chi connectivity index (χ4v) is 5.51. The molecule has 1 fully saturated rings. The minimum atomic E-state index is -0.234. The quantitative estimate of drug-likeness (QED) is 0.372. The largest absolute Gasteiger partial charge is 0.342 e. The number of nitrogens with zero attached hydrogens (tertiary/aromatic N) is 6. The SMILES string of the molecule is Cc1ccnc(SCC(=O)N2CCC(c3nc(C)ccc3C(=O)Nc3nnc(C(C)(C)C)s3)CC2)n1. The van der Waals surface area contributed by atoms with Gasteiger partial charge in [-0.1, -0.05) is 43.9 Å². The van der Waals surface area contributed by atoms with Gasteiger partial charge >= 0.3 is 0 Å². The fraction of sp³-hybridized carbons (Fsp3) is 0.480. The first kappa shape index (κ1) is 26.2. The van der Waals surface area contributed by atoms with Crippen LogP contribution in [0.5, 0.6) is 0 Å². The molecular weight excluding hydrogens is 494 g/mol. The van der Waals surface area contributed by atoms with Crippen LogP contribution in [0.4, 0.5) is 5.13 Å². The van der Waals surface area contributed by atoms with E-state index in [1.165, 1.54) is 23.1 Å². The first-order valence-electron chi connectivity index (χ1n) is 11.9. The summed E-state index contributed by atoms with van der Waals surface area (Å²) in [7, 11) is 0. The lowest BCUT2D eigenvalue weighted by atomic mass is 9.90. The third-order valence-electron chi connectivity index (χ3n) is 5.93. The maximum Gasteiger partial charge on any atom is 0.259 e. The number of rotatable bonds is 6. The number of hydrogen-bond donors (Lipinski definition) is 1. The first-order valence-corrected chi connectivity index (χ1v) is 13.7. The molecule has 190 valence electrons. The summed E-state index contributed by atoms with van der Waals surface area (Å²) in [6.45, 7) is 11.3. The Morgan fingerprint density at radius 3 is 2.47 bits per heavy atom. The van der Waals surface area contributed by atoms with E-state index in [9.17, 15) is 9.59 Å². The Morgan fingerprint density at radius 1 is 1.08 bits per heavy atom. The summed E-state index contributed by atoms with van der Waals surface area (Å²) in [5.74, 6) is 0.247. The van der Waals surface area contributed by atoms with Gasteiger partial charge in [0.15, 0.2) is 5.16 Å². The molecule has 2 amide bonds. The summed E-state index contributed by atoms with van der Waals surface area (Å²) in [5.41, 5.74) is 2.94. The topological polar surface area (TPSA) is 114 Å². The number of piperidine rings is 1. The third kappa shape index (κ3) is 6.44. The molecular formula is C25H31N7O2S2. The van der Waals surface area contributed by atoms with Crippen molar-refractivity contribution in [2.24, 2.45) is 0 Å². The number of anilines is 1. The highest BCUT2D eigenvalue weighted by Crippen LogP contribution is 2.31. The van der Waals surface area contributed by atoms with E-state index in [2.05, 4.69) is 46.3 Å². The molecule has 0 spiro atoms. The van der Waals surface area contributed by atoms with Gasteiger partial charge in [-0.3, -0.25) is 19.9 Å². The second kappa shape index (κ2) is 11.0. The summed E-state index contributed by atoms with van der Waals surface area (Å²) < 4.78 is 0. The van der Waals surface area contributed by atoms with Crippen molar-refractivity contribution < 1.29 is 9.59 Å². The van der Waals surface area contributed by atoms with Gasteiger partial charge in [0.25, 0.3) is 5.91 Å². The summed E-state index contributed by atoms with van der Waals surface area (Å²) >= 11 is 2.74. The lowest BCUT2D eigenvalue weighted by Crippen LogP contribution is -2.39. The van der Waals surface area contributed by atoms with E-state index >= 15 is 0 Å². The minimum Gasteiger partial charge on any atom is -0.342 e. The molecule has 0 unspecified atom stereocenters. The number of carbonyl (C=O) groups is 2. The first-order chi connectivity index (χ1) is 17.1. The Bertz CT molecular complexity index is 1250. The molecule has 0 aromatic carbocycles. The molecule has 11 heteroatoms. The van der Waals surface area contributed by atoms with Crippen molar-refractivity contribution in [3.63, 3.8) is 0 Å². The van der Waals surface area contributed by atoms with Gasteiger partial charge in [0.05, 0.1) is 17.0 Å². The lowest BCUT2D eigenvalue weighted by molar-refractivity contribution is -0.129. The molecule has 0 atom stereocenters. The fourth-order valence-electron chi connectivity index (χ4n) is 3.94. The van der Waals surface area contributed by atoms with Crippen molar-refractivity contribution in [1.82, 2.24) is 30.0 Å². The minimum absolute atomic E-state index is 0.0737. The van der Waals surface area contributed by atoms with Crippen molar-refractivity contribution in [1.29, 1.82) is 0 Å². The number of aryl methyl sites for hydroxylation is 2. The van der Waals surface area contributed by atoms with Gasteiger partial charge in [0, 0.05) is 42.0 Å².